The van der Waals surface area contributed by atoms with Crippen molar-refractivity contribution in [2.24, 2.45) is 0 Å². The molecule has 0 aliphatic heterocycles. The van der Waals surface area contributed by atoms with Crippen LogP contribution in [0.5, 0.6) is 11.5 Å². The van der Waals surface area contributed by atoms with Gasteiger partial charge in [0.05, 0.1) is 19.8 Å². The predicted octanol–water partition coefficient (Wildman–Crippen LogP) is 4.16. The number of allylic oxidation sites excluding steroid dienone is 1. The highest BCUT2D eigenvalue weighted by molar-refractivity contribution is 5.96. The van der Waals surface area contributed by atoms with Crippen molar-refractivity contribution < 1.29 is 14.3 Å². The average molecular weight is 339 g/mol. The van der Waals surface area contributed by atoms with Gasteiger partial charge in [-0.3, -0.25) is 4.79 Å². The Morgan fingerprint density at radius 1 is 0.960 bits per heavy atom. The first kappa shape index (κ1) is 18.6. The van der Waals surface area contributed by atoms with Gasteiger partial charge in [-0.05, 0) is 38.5 Å². The van der Waals surface area contributed by atoms with E-state index in [9.17, 15) is 4.79 Å². The summed E-state index contributed by atoms with van der Waals surface area (Å²) in [4.78, 5) is 12.5. The molecule has 2 aromatic carbocycles. The lowest BCUT2D eigenvalue weighted by molar-refractivity contribution is -0.118. The second-order valence-electron chi connectivity index (χ2n) is 6.34. The van der Waals surface area contributed by atoms with E-state index in [2.05, 4.69) is 5.32 Å². The summed E-state index contributed by atoms with van der Waals surface area (Å²) in [6, 6.07) is 15.3. The molecule has 0 aromatic heterocycles. The number of benzene rings is 2. The summed E-state index contributed by atoms with van der Waals surface area (Å²) in [6.07, 6.45) is 1.59. The number of ether oxygens (including phenoxy) is 2. The molecule has 132 valence electrons. The number of amides is 1. The van der Waals surface area contributed by atoms with Crippen LogP contribution in [0.15, 0.2) is 54.6 Å². The minimum absolute atomic E-state index is 0.167. The molecule has 0 aliphatic rings. The van der Waals surface area contributed by atoms with Gasteiger partial charge in [0.2, 0.25) is 5.91 Å². The Hall–Kier alpha value is -2.75. The van der Waals surface area contributed by atoms with E-state index >= 15 is 0 Å². The van der Waals surface area contributed by atoms with Crippen molar-refractivity contribution in [3.8, 4) is 11.5 Å². The Labute approximate surface area is 149 Å². The normalized spacial score (nSPS) is 11.8. The summed E-state index contributed by atoms with van der Waals surface area (Å²) in [6.45, 7) is 5.80. The van der Waals surface area contributed by atoms with E-state index in [1.54, 1.807) is 20.3 Å². The Morgan fingerprint density at radius 3 is 2.16 bits per heavy atom. The van der Waals surface area contributed by atoms with Gasteiger partial charge in [0, 0.05) is 17.2 Å². The van der Waals surface area contributed by atoms with E-state index in [0.717, 1.165) is 28.2 Å². The van der Waals surface area contributed by atoms with E-state index in [1.165, 1.54) is 0 Å². The molecule has 0 saturated carbocycles. The lowest BCUT2D eigenvalue weighted by Gasteiger charge is -2.28. The third-order valence-electron chi connectivity index (χ3n) is 4.10. The highest BCUT2D eigenvalue weighted by atomic mass is 16.5. The fourth-order valence-electron chi connectivity index (χ4n) is 2.82. The van der Waals surface area contributed by atoms with Gasteiger partial charge in [0.15, 0.2) is 0 Å². The standard InChI is InChI=1S/C21H25NO3/c1-15(16-10-6-8-12-18(16)24-4)14-20(23)22-21(2,3)17-11-7-9-13-19(17)25-5/h6-14H,1-5H3,(H,22,23). The van der Waals surface area contributed by atoms with Gasteiger partial charge in [0.25, 0.3) is 0 Å². The minimum Gasteiger partial charge on any atom is -0.496 e. The van der Waals surface area contributed by atoms with Crippen molar-refractivity contribution >= 4 is 11.5 Å². The van der Waals surface area contributed by atoms with Gasteiger partial charge >= 0.3 is 0 Å². The molecular weight excluding hydrogens is 314 g/mol. The number of rotatable bonds is 6. The van der Waals surface area contributed by atoms with Crippen LogP contribution in [0.3, 0.4) is 0 Å². The maximum atomic E-state index is 12.5. The number of nitrogens with one attached hydrogen (secondary N) is 1. The van der Waals surface area contributed by atoms with Crippen LogP contribution in [-0.4, -0.2) is 20.1 Å². The first-order chi connectivity index (χ1) is 11.9. The first-order valence-electron chi connectivity index (χ1n) is 8.16. The molecule has 0 bridgehead atoms. The quantitative estimate of drug-likeness (QED) is 0.804. The van der Waals surface area contributed by atoms with Crippen molar-refractivity contribution in [1.29, 1.82) is 0 Å². The summed E-state index contributed by atoms with van der Waals surface area (Å²) in [5.74, 6) is 1.32. The molecule has 25 heavy (non-hydrogen) atoms. The number of para-hydroxylation sites is 2. The van der Waals surface area contributed by atoms with E-state index < -0.39 is 5.54 Å². The zero-order chi connectivity index (χ0) is 18.4. The molecule has 0 atom stereocenters. The molecule has 2 rings (SSSR count). The zero-order valence-corrected chi connectivity index (χ0v) is 15.4. The van der Waals surface area contributed by atoms with Gasteiger partial charge in [-0.15, -0.1) is 0 Å². The van der Waals surface area contributed by atoms with Crippen molar-refractivity contribution in [2.75, 3.05) is 14.2 Å². The van der Waals surface area contributed by atoms with Gasteiger partial charge in [0.1, 0.15) is 11.5 Å². The molecule has 4 heteroatoms. The zero-order valence-electron chi connectivity index (χ0n) is 15.4. The number of carbonyl (C=O) groups is 1. The fraction of sp³-hybridized carbons (Fsp3) is 0.286. The number of hydrogen-bond acceptors (Lipinski definition) is 3. The molecule has 0 spiro atoms. The summed E-state index contributed by atoms with van der Waals surface area (Å²) in [5, 5.41) is 3.05. The van der Waals surface area contributed by atoms with E-state index in [1.807, 2.05) is 69.3 Å². The largest absolute Gasteiger partial charge is 0.496 e. The van der Waals surface area contributed by atoms with Crippen LogP contribution < -0.4 is 14.8 Å². The summed E-state index contributed by atoms with van der Waals surface area (Å²) in [5.41, 5.74) is 2.09. The molecule has 0 saturated heterocycles. The Balaban J connectivity index is 2.23. The predicted molar refractivity (Wildman–Crippen MR) is 101 cm³/mol. The topological polar surface area (TPSA) is 47.6 Å². The van der Waals surface area contributed by atoms with Gasteiger partial charge in [-0.25, -0.2) is 0 Å². The molecule has 1 amide bonds. The maximum absolute atomic E-state index is 12.5. The first-order valence-corrected chi connectivity index (χ1v) is 8.16. The average Bonchev–Trinajstić information content (AvgIpc) is 2.60. The SMILES string of the molecule is COc1ccccc1C(C)=CC(=O)NC(C)(C)c1ccccc1OC. The molecule has 0 unspecified atom stereocenters. The van der Waals surface area contributed by atoms with Gasteiger partial charge in [-0.1, -0.05) is 36.4 Å². The van der Waals surface area contributed by atoms with Crippen molar-refractivity contribution in [2.45, 2.75) is 26.3 Å². The number of methoxy groups -OCH3 is 2. The molecule has 4 nitrogen and oxygen atoms in total. The lowest BCUT2D eigenvalue weighted by atomic mass is 9.93. The van der Waals surface area contributed by atoms with Crippen molar-refractivity contribution in [1.82, 2.24) is 5.32 Å². The smallest absolute Gasteiger partial charge is 0.244 e. The van der Waals surface area contributed by atoms with Crippen LogP contribution in [-0.2, 0) is 10.3 Å². The summed E-state index contributed by atoms with van der Waals surface area (Å²) in [7, 11) is 3.25. The Morgan fingerprint density at radius 2 is 1.52 bits per heavy atom. The lowest BCUT2D eigenvalue weighted by Crippen LogP contribution is -2.40. The van der Waals surface area contributed by atoms with Crippen molar-refractivity contribution in [3.05, 3.63) is 65.7 Å². The third kappa shape index (κ3) is 4.41. The number of hydrogen-bond donors (Lipinski definition) is 1. The maximum Gasteiger partial charge on any atom is 0.244 e. The molecular formula is C21H25NO3. The Kier molecular flexibility index (Phi) is 5.86. The summed E-state index contributed by atoms with van der Waals surface area (Å²) < 4.78 is 10.8. The third-order valence-corrected chi connectivity index (χ3v) is 4.10. The molecule has 0 aliphatic carbocycles. The molecule has 0 radical (unpaired) electrons. The van der Waals surface area contributed by atoms with Gasteiger partial charge in [-0.2, -0.15) is 0 Å². The van der Waals surface area contributed by atoms with Crippen LogP contribution in [0.25, 0.3) is 5.57 Å². The Bertz CT molecular complexity index is 778. The second-order valence-corrected chi connectivity index (χ2v) is 6.34. The van der Waals surface area contributed by atoms with Crippen molar-refractivity contribution in [3.63, 3.8) is 0 Å². The minimum atomic E-state index is -0.568. The molecule has 0 fully saturated rings. The molecule has 0 heterocycles. The van der Waals surface area contributed by atoms with Crippen LogP contribution in [0.2, 0.25) is 0 Å². The van der Waals surface area contributed by atoms with Crippen LogP contribution in [0.4, 0.5) is 0 Å². The van der Waals surface area contributed by atoms with E-state index in [-0.39, 0.29) is 5.91 Å². The highest BCUT2D eigenvalue weighted by Gasteiger charge is 2.25. The summed E-state index contributed by atoms with van der Waals surface area (Å²) >= 11 is 0. The second kappa shape index (κ2) is 7.88. The van der Waals surface area contributed by atoms with Crippen LogP contribution in [0.1, 0.15) is 31.9 Å². The van der Waals surface area contributed by atoms with Crippen LogP contribution in [0, 0.1) is 0 Å². The molecule has 1 N–H and O–H groups in total. The molecule has 2 aromatic rings. The van der Waals surface area contributed by atoms with E-state index in [0.29, 0.717) is 0 Å². The number of carbonyl (C=O) groups excluding carboxylic acids is 1. The van der Waals surface area contributed by atoms with E-state index in [4.69, 9.17) is 9.47 Å². The van der Waals surface area contributed by atoms with Gasteiger partial charge < -0.3 is 14.8 Å². The van der Waals surface area contributed by atoms with Crippen LogP contribution >= 0.6 is 0 Å². The monoisotopic (exact) mass is 339 g/mol. The fourth-order valence-corrected chi connectivity index (χ4v) is 2.82. The highest BCUT2D eigenvalue weighted by Crippen LogP contribution is 2.30.